The average molecular weight is 400 g/mol. The minimum absolute atomic E-state index is 0.211. The maximum absolute atomic E-state index is 5.79. The van der Waals surface area contributed by atoms with Gasteiger partial charge >= 0.3 is 6.72 Å². The SMILES string of the molecule is COCCOP(=S)(OCC1COC(C)(C)O1)OCC1COC(C)(C)O1. The van der Waals surface area contributed by atoms with Gasteiger partial charge in [0.15, 0.2) is 11.6 Å². The van der Waals surface area contributed by atoms with Crippen LogP contribution in [0.15, 0.2) is 0 Å². The van der Waals surface area contributed by atoms with Gasteiger partial charge in [-0.3, -0.25) is 0 Å². The standard InChI is InChI=1S/C15H29O8PS/c1-14(2)17-8-12(22-14)10-20-24(25,19-7-6-16-5)21-11-13-9-18-15(3,4)23-13/h12-13H,6-11H2,1-5H3. The second kappa shape index (κ2) is 9.01. The second-order valence-corrected chi connectivity index (χ2v) is 9.78. The summed E-state index contributed by atoms with van der Waals surface area (Å²) < 4.78 is 44.7. The van der Waals surface area contributed by atoms with Gasteiger partial charge < -0.3 is 37.3 Å². The van der Waals surface area contributed by atoms with Gasteiger partial charge in [-0.15, -0.1) is 0 Å². The number of ether oxygens (including phenoxy) is 5. The number of rotatable bonds is 10. The van der Waals surface area contributed by atoms with Crippen molar-refractivity contribution >= 4 is 18.5 Å². The summed E-state index contributed by atoms with van der Waals surface area (Å²) in [4.78, 5) is 0. The molecule has 10 heteroatoms. The van der Waals surface area contributed by atoms with Gasteiger partial charge in [-0.2, -0.15) is 0 Å². The van der Waals surface area contributed by atoms with E-state index in [0.29, 0.717) is 19.8 Å². The molecule has 2 aliphatic heterocycles. The summed E-state index contributed by atoms with van der Waals surface area (Å²) >= 11 is 5.49. The third-order valence-electron chi connectivity index (χ3n) is 3.51. The van der Waals surface area contributed by atoms with Gasteiger partial charge in [-0.05, 0) is 39.5 Å². The summed E-state index contributed by atoms with van der Waals surface area (Å²) in [6.07, 6.45) is -0.422. The highest BCUT2D eigenvalue weighted by Gasteiger charge is 2.36. The quantitative estimate of drug-likeness (QED) is 0.405. The summed E-state index contributed by atoms with van der Waals surface area (Å²) in [7, 11) is 1.59. The van der Waals surface area contributed by atoms with Crippen molar-refractivity contribution in [1.82, 2.24) is 0 Å². The molecule has 2 fully saturated rings. The molecular weight excluding hydrogens is 371 g/mol. The van der Waals surface area contributed by atoms with E-state index in [1.165, 1.54) is 0 Å². The van der Waals surface area contributed by atoms with Crippen LogP contribution in [0.2, 0.25) is 0 Å². The minimum Gasteiger partial charge on any atom is -0.382 e. The Morgan fingerprint density at radius 1 is 0.880 bits per heavy atom. The lowest BCUT2D eigenvalue weighted by atomic mass is 10.4. The first-order valence-electron chi connectivity index (χ1n) is 8.29. The topological polar surface area (TPSA) is 73.8 Å². The molecule has 0 spiro atoms. The number of hydrogen-bond acceptors (Lipinski definition) is 9. The molecule has 0 bridgehead atoms. The molecule has 2 atom stereocenters. The minimum atomic E-state index is -2.96. The lowest BCUT2D eigenvalue weighted by Gasteiger charge is -2.25. The fraction of sp³-hybridized carbons (Fsp3) is 1.00. The maximum atomic E-state index is 5.79. The monoisotopic (exact) mass is 400 g/mol. The van der Waals surface area contributed by atoms with E-state index in [1.807, 2.05) is 27.7 Å². The van der Waals surface area contributed by atoms with Crippen molar-refractivity contribution in [3.8, 4) is 0 Å². The molecule has 148 valence electrons. The van der Waals surface area contributed by atoms with Gasteiger partial charge in [-0.25, -0.2) is 0 Å². The van der Waals surface area contributed by atoms with Crippen molar-refractivity contribution in [1.29, 1.82) is 0 Å². The van der Waals surface area contributed by atoms with Crippen LogP contribution in [-0.4, -0.2) is 70.5 Å². The van der Waals surface area contributed by atoms with Gasteiger partial charge in [0, 0.05) is 7.11 Å². The summed E-state index contributed by atoms with van der Waals surface area (Å²) in [6.45, 7) is 6.50. The van der Waals surface area contributed by atoms with Crippen molar-refractivity contribution in [3.63, 3.8) is 0 Å². The summed E-state index contributed by atoms with van der Waals surface area (Å²) in [5, 5.41) is 0. The summed E-state index contributed by atoms with van der Waals surface area (Å²) in [6, 6.07) is 0. The molecular formula is C15H29O8PS. The Bertz CT molecular complexity index is 438. The van der Waals surface area contributed by atoms with Crippen molar-refractivity contribution in [2.24, 2.45) is 0 Å². The Kier molecular flexibility index (Phi) is 7.80. The highest BCUT2D eigenvalue weighted by atomic mass is 32.5. The molecule has 2 aliphatic rings. The molecule has 0 N–H and O–H groups in total. The Morgan fingerprint density at radius 3 is 1.72 bits per heavy atom. The van der Waals surface area contributed by atoms with E-state index in [9.17, 15) is 0 Å². The van der Waals surface area contributed by atoms with Gasteiger partial charge in [0.05, 0.1) is 39.6 Å². The molecule has 0 amide bonds. The number of hydrogen-bond donors (Lipinski definition) is 0. The van der Waals surface area contributed by atoms with Crippen molar-refractivity contribution < 1.29 is 37.3 Å². The zero-order valence-electron chi connectivity index (χ0n) is 15.5. The lowest BCUT2D eigenvalue weighted by molar-refractivity contribution is -0.143. The average Bonchev–Trinajstić information content (AvgIpc) is 3.05. The lowest BCUT2D eigenvalue weighted by Crippen LogP contribution is -2.25. The van der Waals surface area contributed by atoms with Crippen LogP contribution in [0.5, 0.6) is 0 Å². The predicted molar refractivity (Wildman–Crippen MR) is 93.8 cm³/mol. The van der Waals surface area contributed by atoms with Crippen molar-refractivity contribution in [2.75, 3.05) is 46.8 Å². The Morgan fingerprint density at radius 2 is 1.36 bits per heavy atom. The Balaban J connectivity index is 1.83. The molecule has 0 radical (unpaired) electrons. The van der Waals surface area contributed by atoms with Crippen molar-refractivity contribution in [3.05, 3.63) is 0 Å². The summed E-state index contributed by atoms with van der Waals surface area (Å²) in [5.41, 5.74) is 0. The van der Waals surface area contributed by atoms with E-state index in [4.69, 9.17) is 49.1 Å². The zero-order chi connectivity index (χ0) is 18.6. The Hall–Kier alpha value is 0.330. The van der Waals surface area contributed by atoms with E-state index < -0.39 is 18.3 Å². The van der Waals surface area contributed by atoms with E-state index in [1.54, 1.807) is 7.11 Å². The molecule has 0 aromatic rings. The van der Waals surface area contributed by atoms with E-state index in [0.717, 1.165) is 0 Å². The van der Waals surface area contributed by atoms with Crippen LogP contribution < -0.4 is 0 Å². The van der Waals surface area contributed by atoms with Gasteiger partial charge in [0.1, 0.15) is 12.2 Å². The molecule has 0 aromatic heterocycles. The highest BCUT2D eigenvalue weighted by Crippen LogP contribution is 2.50. The highest BCUT2D eigenvalue weighted by molar-refractivity contribution is 8.07. The third kappa shape index (κ3) is 7.46. The molecule has 2 rings (SSSR count). The first kappa shape index (κ1) is 21.6. The normalized spacial score (nSPS) is 30.4. The van der Waals surface area contributed by atoms with Gasteiger partial charge in [0.25, 0.3) is 0 Å². The van der Waals surface area contributed by atoms with Gasteiger partial charge in [0.2, 0.25) is 0 Å². The fourth-order valence-electron chi connectivity index (χ4n) is 2.38. The first-order chi connectivity index (χ1) is 11.6. The molecule has 0 aliphatic carbocycles. The van der Waals surface area contributed by atoms with E-state index >= 15 is 0 Å². The van der Waals surface area contributed by atoms with Crippen LogP contribution in [0, 0.1) is 0 Å². The second-order valence-electron chi connectivity index (χ2n) is 6.77. The van der Waals surface area contributed by atoms with Crippen molar-refractivity contribution in [2.45, 2.75) is 51.5 Å². The zero-order valence-corrected chi connectivity index (χ0v) is 17.2. The predicted octanol–water partition coefficient (Wildman–Crippen LogP) is 2.21. The van der Waals surface area contributed by atoms with E-state index in [2.05, 4.69) is 0 Å². The smallest absolute Gasteiger partial charge is 0.327 e. The number of methoxy groups -OCH3 is 1. The van der Waals surface area contributed by atoms with Crippen LogP contribution >= 0.6 is 6.72 Å². The molecule has 0 saturated carbocycles. The van der Waals surface area contributed by atoms with Crippen LogP contribution in [0.3, 0.4) is 0 Å². The summed E-state index contributed by atoms with van der Waals surface area (Å²) in [5.74, 6) is -1.23. The van der Waals surface area contributed by atoms with Crippen LogP contribution in [0.1, 0.15) is 27.7 Å². The molecule has 2 heterocycles. The molecule has 2 unspecified atom stereocenters. The largest absolute Gasteiger partial charge is 0.382 e. The molecule has 2 saturated heterocycles. The van der Waals surface area contributed by atoms with Crippen LogP contribution in [0.25, 0.3) is 0 Å². The third-order valence-corrected chi connectivity index (χ3v) is 5.89. The first-order valence-corrected chi connectivity index (χ1v) is 10.8. The fourth-order valence-corrected chi connectivity index (χ4v) is 4.19. The van der Waals surface area contributed by atoms with E-state index in [-0.39, 0.29) is 32.0 Å². The maximum Gasteiger partial charge on any atom is 0.327 e. The van der Waals surface area contributed by atoms with Crippen LogP contribution in [-0.2, 0) is 49.1 Å². The van der Waals surface area contributed by atoms with Crippen LogP contribution in [0.4, 0.5) is 0 Å². The molecule has 25 heavy (non-hydrogen) atoms. The molecule has 0 aromatic carbocycles. The van der Waals surface area contributed by atoms with Gasteiger partial charge in [-0.1, -0.05) is 0 Å². The molecule has 8 nitrogen and oxygen atoms in total. The Labute approximate surface area is 154 Å².